The van der Waals surface area contributed by atoms with Crippen molar-refractivity contribution in [1.29, 1.82) is 0 Å². The third-order valence-corrected chi connectivity index (χ3v) is 5.67. The van der Waals surface area contributed by atoms with Crippen LogP contribution < -0.4 is 15.5 Å². The van der Waals surface area contributed by atoms with E-state index in [9.17, 15) is 22.4 Å². The quantitative estimate of drug-likeness (QED) is 0.480. The van der Waals surface area contributed by atoms with E-state index in [-0.39, 0.29) is 22.5 Å². The molecule has 31 heavy (non-hydrogen) atoms. The zero-order valence-electron chi connectivity index (χ0n) is 17.2. The van der Waals surface area contributed by atoms with E-state index < -0.39 is 23.5 Å². The van der Waals surface area contributed by atoms with Crippen LogP contribution in [0.1, 0.15) is 31.4 Å². The lowest BCUT2D eigenvalue weighted by atomic mass is 9.91. The molecule has 2 atom stereocenters. The van der Waals surface area contributed by atoms with E-state index in [2.05, 4.69) is 10.6 Å². The molecule has 8 heteroatoms. The molecule has 0 aromatic heterocycles. The Balaban J connectivity index is 1.65. The van der Waals surface area contributed by atoms with Crippen LogP contribution in [0.15, 0.2) is 42.6 Å². The van der Waals surface area contributed by atoms with Gasteiger partial charge in [0.2, 0.25) is 0 Å². The Morgan fingerprint density at radius 3 is 2.52 bits per heavy atom. The van der Waals surface area contributed by atoms with E-state index in [0.717, 1.165) is 12.5 Å². The molecule has 0 bridgehead atoms. The molecule has 2 unspecified atom stereocenters. The molecule has 2 N–H and O–H groups in total. The normalized spacial score (nSPS) is 22.5. The molecule has 1 amide bonds. The number of hydrogen-bond donors (Lipinski definition) is 2. The summed E-state index contributed by atoms with van der Waals surface area (Å²) in [6.45, 7) is 5.23. The minimum Gasteiger partial charge on any atom is -0.371 e. The number of rotatable bonds is 3. The summed E-state index contributed by atoms with van der Waals surface area (Å²) in [4.78, 5) is 14.0. The smallest absolute Gasteiger partial charge is 0.371 e. The summed E-state index contributed by atoms with van der Waals surface area (Å²) < 4.78 is 55.7. The van der Waals surface area contributed by atoms with Gasteiger partial charge in [0.15, 0.2) is 0 Å². The highest BCUT2D eigenvalue weighted by Crippen LogP contribution is 2.40. The number of fused-ring (bicyclic) bond motifs is 1. The summed E-state index contributed by atoms with van der Waals surface area (Å²) >= 11 is 0. The van der Waals surface area contributed by atoms with Crippen molar-refractivity contribution in [3.8, 4) is 0 Å². The van der Waals surface area contributed by atoms with E-state index in [1.807, 2.05) is 13.8 Å². The number of hydrogen-bond acceptors (Lipinski definition) is 3. The summed E-state index contributed by atoms with van der Waals surface area (Å²) in [7, 11) is 0. The minimum atomic E-state index is -4.53. The average Bonchev–Trinajstić information content (AvgIpc) is 3.01. The Kier molecular flexibility index (Phi) is 5.41. The van der Waals surface area contributed by atoms with E-state index >= 15 is 0 Å². The second kappa shape index (κ2) is 7.90. The van der Waals surface area contributed by atoms with Crippen LogP contribution in [0.5, 0.6) is 0 Å². The molecule has 2 aliphatic heterocycles. The van der Waals surface area contributed by atoms with Crippen LogP contribution >= 0.6 is 0 Å². The predicted octanol–water partition coefficient (Wildman–Crippen LogP) is 5.73. The first-order valence-corrected chi connectivity index (χ1v) is 10.2. The molecule has 0 spiro atoms. The molecular formula is C23H23F4N3O. The molecule has 2 heterocycles. The van der Waals surface area contributed by atoms with Crippen LogP contribution in [0, 0.1) is 17.7 Å². The van der Waals surface area contributed by atoms with Gasteiger partial charge in [0.05, 0.1) is 16.8 Å². The van der Waals surface area contributed by atoms with Crippen LogP contribution in [0.3, 0.4) is 0 Å². The number of benzene rings is 2. The molecule has 2 aromatic rings. The topological polar surface area (TPSA) is 44.4 Å². The van der Waals surface area contributed by atoms with Crippen molar-refractivity contribution < 1.29 is 22.4 Å². The summed E-state index contributed by atoms with van der Waals surface area (Å²) in [6.07, 6.45) is -2.30. The van der Waals surface area contributed by atoms with Crippen LogP contribution in [-0.4, -0.2) is 19.0 Å². The number of nitrogens with one attached hydrogen (secondary N) is 2. The molecule has 0 aliphatic carbocycles. The van der Waals surface area contributed by atoms with Crippen molar-refractivity contribution in [2.45, 2.75) is 26.4 Å². The average molecular weight is 433 g/mol. The molecule has 164 valence electrons. The number of anilines is 3. The first kappa shape index (κ1) is 21.2. The standard InChI is InChI=1S/C23H23F4N3O/c1-13-8-14(2)12-30(11-13)20-7-6-15(9-17(20)23(25,26)27)28-10-16-21-18(24)4-3-5-19(21)29-22(16)31/h3-7,9-10,13-14,28H,8,11-12H2,1-2H3,(H,29,31). The largest absolute Gasteiger partial charge is 0.418 e. The third kappa shape index (κ3) is 4.24. The summed E-state index contributed by atoms with van der Waals surface area (Å²) in [5, 5.41) is 5.28. The highest BCUT2D eigenvalue weighted by molar-refractivity contribution is 6.31. The summed E-state index contributed by atoms with van der Waals surface area (Å²) in [5.74, 6) is -0.480. The van der Waals surface area contributed by atoms with Gasteiger partial charge in [0, 0.05) is 36.2 Å². The van der Waals surface area contributed by atoms with Gasteiger partial charge >= 0.3 is 6.18 Å². The van der Waals surface area contributed by atoms with Gasteiger partial charge in [-0.25, -0.2) is 4.39 Å². The fourth-order valence-electron chi connectivity index (χ4n) is 4.49. The highest BCUT2D eigenvalue weighted by Gasteiger charge is 2.36. The Labute approximate surface area is 177 Å². The molecule has 1 saturated heterocycles. The van der Waals surface area contributed by atoms with Gasteiger partial charge in [-0.3, -0.25) is 4.79 Å². The molecule has 0 radical (unpaired) electrons. The fraction of sp³-hybridized carbons (Fsp3) is 0.348. The van der Waals surface area contributed by atoms with Crippen molar-refractivity contribution in [2.24, 2.45) is 11.8 Å². The molecule has 0 saturated carbocycles. The van der Waals surface area contributed by atoms with Crippen molar-refractivity contribution in [2.75, 3.05) is 28.6 Å². The van der Waals surface area contributed by atoms with Crippen molar-refractivity contribution in [3.63, 3.8) is 0 Å². The van der Waals surface area contributed by atoms with Gasteiger partial charge in [-0.1, -0.05) is 19.9 Å². The van der Waals surface area contributed by atoms with E-state index in [4.69, 9.17) is 0 Å². The van der Waals surface area contributed by atoms with Crippen LogP contribution in [0.2, 0.25) is 0 Å². The fourth-order valence-corrected chi connectivity index (χ4v) is 4.49. The van der Waals surface area contributed by atoms with E-state index in [1.54, 1.807) is 17.0 Å². The first-order valence-electron chi connectivity index (χ1n) is 10.2. The van der Waals surface area contributed by atoms with Gasteiger partial charge in [-0.05, 0) is 48.6 Å². The van der Waals surface area contributed by atoms with Gasteiger partial charge in [0.1, 0.15) is 5.82 Å². The number of carbonyl (C=O) groups excluding carboxylic acids is 1. The van der Waals surface area contributed by atoms with Crippen molar-refractivity contribution in [1.82, 2.24) is 0 Å². The van der Waals surface area contributed by atoms with Gasteiger partial charge < -0.3 is 15.5 Å². The second-order valence-electron chi connectivity index (χ2n) is 8.40. The molecule has 2 aliphatic rings. The van der Waals surface area contributed by atoms with Crippen LogP contribution in [0.25, 0.3) is 5.57 Å². The lowest BCUT2D eigenvalue weighted by Gasteiger charge is -2.38. The van der Waals surface area contributed by atoms with Crippen molar-refractivity contribution >= 4 is 28.5 Å². The lowest BCUT2D eigenvalue weighted by molar-refractivity contribution is -0.137. The monoisotopic (exact) mass is 433 g/mol. The molecule has 4 rings (SSSR count). The summed E-state index contributed by atoms with van der Waals surface area (Å²) in [5.41, 5.74) is 0.0455. The zero-order valence-corrected chi connectivity index (χ0v) is 17.2. The van der Waals surface area contributed by atoms with Crippen LogP contribution in [-0.2, 0) is 11.0 Å². The van der Waals surface area contributed by atoms with Crippen molar-refractivity contribution in [3.05, 3.63) is 59.5 Å². The van der Waals surface area contributed by atoms with E-state index in [0.29, 0.717) is 30.6 Å². The number of alkyl halides is 3. The molecule has 2 aromatic carbocycles. The maximum Gasteiger partial charge on any atom is 0.418 e. The summed E-state index contributed by atoms with van der Waals surface area (Å²) in [6, 6.07) is 8.30. The molecule has 4 nitrogen and oxygen atoms in total. The van der Waals surface area contributed by atoms with Gasteiger partial charge in [0.25, 0.3) is 5.91 Å². The third-order valence-electron chi connectivity index (χ3n) is 5.67. The van der Waals surface area contributed by atoms with Gasteiger partial charge in [-0.15, -0.1) is 0 Å². The number of piperidine rings is 1. The molecular weight excluding hydrogens is 410 g/mol. The zero-order chi connectivity index (χ0) is 22.3. The van der Waals surface area contributed by atoms with Crippen LogP contribution in [0.4, 0.5) is 34.6 Å². The Hall–Kier alpha value is -3.03. The number of carbonyl (C=O) groups is 1. The lowest BCUT2D eigenvalue weighted by Crippen LogP contribution is -2.39. The minimum absolute atomic E-state index is 0.0319. The Morgan fingerprint density at radius 1 is 1.13 bits per heavy atom. The predicted molar refractivity (Wildman–Crippen MR) is 113 cm³/mol. The first-order chi connectivity index (χ1) is 14.6. The number of amides is 1. The SMILES string of the molecule is CC1CC(C)CN(c2ccc(NC=C3C(=O)Nc4cccc(F)c43)cc2C(F)(F)F)C1. The maximum atomic E-state index is 14.2. The Bertz CT molecular complexity index is 1040. The van der Waals surface area contributed by atoms with Gasteiger partial charge in [-0.2, -0.15) is 13.2 Å². The number of halogens is 4. The number of nitrogens with zero attached hydrogens (tertiary/aromatic N) is 1. The molecule has 1 fully saturated rings. The second-order valence-corrected chi connectivity index (χ2v) is 8.40. The maximum absolute atomic E-state index is 14.2. The highest BCUT2D eigenvalue weighted by atomic mass is 19.4. The Morgan fingerprint density at radius 2 is 1.84 bits per heavy atom. The van der Waals surface area contributed by atoms with E-state index in [1.165, 1.54) is 24.4 Å².